The van der Waals surface area contributed by atoms with E-state index in [1.165, 1.54) is 6.07 Å². The quantitative estimate of drug-likeness (QED) is 0.590. The molecule has 0 aliphatic heterocycles. The highest BCUT2D eigenvalue weighted by molar-refractivity contribution is 5.58. The van der Waals surface area contributed by atoms with E-state index < -0.39 is 0 Å². The molecule has 0 aliphatic carbocycles. The molecule has 48 valence electrons. The Morgan fingerprint density at radius 1 is 1.89 bits per heavy atom. The summed E-state index contributed by atoms with van der Waals surface area (Å²) in [4.78, 5) is 0. The molecule has 0 saturated carbocycles. The van der Waals surface area contributed by atoms with Crippen molar-refractivity contribution in [2.75, 3.05) is 0 Å². The second kappa shape index (κ2) is 1.93. The molecule has 1 heterocycles. The lowest BCUT2D eigenvalue weighted by molar-refractivity contribution is 0.452. The third-order valence-corrected chi connectivity index (χ3v) is 1.02. The lowest BCUT2D eigenvalue weighted by Crippen LogP contribution is -1.74. The summed E-state index contributed by atoms with van der Waals surface area (Å²) in [6.07, 6.45) is 0. The van der Waals surface area contributed by atoms with Gasteiger partial charge < -0.3 is 5.11 Å². The van der Waals surface area contributed by atoms with E-state index >= 15 is 0 Å². The SMILES string of the molecule is C=C(C)c1cc(O)n[nH]1. The molecular weight excluding hydrogens is 116 g/mol. The molecule has 0 atom stereocenters. The molecule has 0 radical (unpaired) electrons. The number of allylic oxidation sites excluding steroid dienone is 1. The number of hydrogen-bond donors (Lipinski definition) is 2. The molecule has 1 aromatic heterocycles. The maximum absolute atomic E-state index is 8.72. The predicted octanol–water partition coefficient (Wildman–Crippen LogP) is 1.15. The number of aromatic amines is 1. The zero-order chi connectivity index (χ0) is 6.85. The summed E-state index contributed by atoms with van der Waals surface area (Å²) in [5, 5.41) is 14.8. The van der Waals surface area contributed by atoms with E-state index in [1.54, 1.807) is 0 Å². The number of hydrogen-bond acceptors (Lipinski definition) is 2. The zero-order valence-corrected chi connectivity index (χ0v) is 5.18. The fourth-order valence-corrected chi connectivity index (χ4v) is 0.530. The molecule has 1 aromatic rings. The van der Waals surface area contributed by atoms with Crippen molar-refractivity contribution in [3.8, 4) is 5.88 Å². The average Bonchev–Trinajstić information content (AvgIpc) is 2.14. The van der Waals surface area contributed by atoms with Gasteiger partial charge in [0, 0.05) is 6.07 Å². The highest BCUT2D eigenvalue weighted by atomic mass is 16.3. The smallest absolute Gasteiger partial charge is 0.230 e. The highest BCUT2D eigenvalue weighted by Crippen LogP contribution is 2.11. The van der Waals surface area contributed by atoms with Crippen LogP contribution in [-0.4, -0.2) is 15.3 Å². The third-order valence-electron chi connectivity index (χ3n) is 1.02. The summed E-state index contributed by atoms with van der Waals surface area (Å²) in [7, 11) is 0. The molecule has 0 amide bonds. The lowest BCUT2D eigenvalue weighted by atomic mass is 10.2. The average molecular weight is 124 g/mol. The van der Waals surface area contributed by atoms with Crippen LogP contribution in [0.1, 0.15) is 12.6 Å². The van der Waals surface area contributed by atoms with Gasteiger partial charge in [-0.2, -0.15) is 0 Å². The summed E-state index contributed by atoms with van der Waals surface area (Å²) in [6, 6.07) is 1.53. The summed E-state index contributed by atoms with van der Waals surface area (Å²) in [5.74, 6) is 0.00741. The Morgan fingerprint density at radius 3 is 2.78 bits per heavy atom. The third kappa shape index (κ3) is 1.10. The van der Waals surface area contributed by atoms with Crippen LogP contribution in [0.15, 0.2) is 12.6 Å². The maximum atomic E-state index is 8.72. The van der Waals surface area contributed by atoms with Crippen molar-refractivity contribution < 1.29 is 5.11 Å². The molecule has 0 bridgehead atoms. The first-order valence-corrected chi connectivity index (χ1v) is 2.60. The molecule has 0 fully saturated rings. The number of nitrogens with zero attached hydrogens (tertiary/aromatic N) is 1. The molecule has 0 spiro atoms. The molecule has 3 heteroatoms. The van der Waals surface area contributed by atoms with Gasteiger partial charge in [0.2, 0.25) is 5.88 Å². The summed E-state index contributed by atoms with van der Waals surface area (Å²) < 4.78 is 0. The van der Waals surface area contributed by atoms with Crippen LogP contribution in [-0.2, 0) is 0 Å². The fourth-order valence-electron chi connectivity index (χ4n) is 0.530. The summed E-state index contributed by atoms with van der Waals surface area (Å²) in [5.41, 5.74) is 1.63. The van der Waals surface area contributed by atoms with Crippen LogP contribution in [0, 0.1) is 0 Å². The Hall–Kier alpha value is -1.25. The number of nitrogens with one attached hydrogen (secondary N) is 1. The molecule has 1 rings (SSSR count). The molecule has 0 unspecified atom stereocenters. The monoisotopic (exact) mass is 124 g/mol. The topological polar surface area (TPSA) is 48.9 Å². The van der Waals surface area contributed by atoms with Crippen LogP contribution < -0.4 is 0 Å². The van der Waals surface area contributed by atoms with Crippen LogP contribution in [0.3, 0.4) is 0 Å². The van der Waals surface area contributed by atoms with Crippen molar-refractivity contribution in [2.45, 2.75) is 6.92 Å². The Balaban J connectivity index is 2.98. The van der Waals surface area contributed by atoms with Gasteiger partial charge in [0.05, 0.1) is 5.69 Å². The van der Waals surface area contributed by atoms with Gasteiger partial charge in [-0.25, -0.2) is 0 Å². The van der Waals surface area contributed by atoms with Gasteiger partial charge in [0.1, 0.15) is 0 Å². The minimum absolute atomic E-state index is 0.00741. The molecule has 0 saturated heterocycles. The van der Waals surface area contributed by atoms with Crippen LogP contribution >= 0.6 is 0 Å². The number of rotatable bonds is 1. The first-order chi connectivity index (χ1) is 4.20. The van der Waals surface area contributed by atoms with Gasteiger partial charge in [0.25, 0.3) is 0 Å². The Bertz CT molecular complexity index is 227. The normalized spacial score (nSPS) is 9.44. The molecule has 9 heavy (non-hydrogen) atoms. The largest absolute Gasteiger partial charge is 0.492 e. The van der Waals surface area contributed by atoms with Crippen LogP contribution in [0.25, 0.3) is 5.57 Å². The van der Waals surface area contributed by atoms with E-state index in [-0.39, 0.29) is 5.88 Å². The second-order valence-electron chi connectivity index (χ2n) is 1.92. The van der Waals surface area contributed by atoms with E-state index in [0.29, 0.717) is 0 Å². The standard InChI is InChI=1S/C6H8N2O/c1-4(2)5-3-6(9)8-7-5/h3H,1H2,2H3,(H2,7,8,9). The Labute approximate surface area is 53.0 Å². The minimum Gasteiger partial charge on any atom is -0.492 e. The van der Waals surface area contributed by atoms with Crippen LogP contribution in [0.4, 0.5) is 0 Å². The van der Waals surface area contributed by atoms with Gasteiger partial charge in [-0.1, -0.05) is 6.58 Å². The van der Waals surface area contributed by atoms with Crippen molar-refractivity contribution in [1.82, 2.24) is 10.2 Å². The van der Waals surface area contributed by atoms with Gasteiger partial charge >= 0.3 is 0 Å². The van der Waals surface area contributed by atoms with E-state index in [4.69, 9.17) is 5.11 Å². The highest BCUT2D eigenvalue weighted by Gasteiger charge is 1.96. The summed E-state index contributed by atoms with van der Waals surface area (Å²) >= 11 is 0. The van der Waals surface area contributed by atoms with E-state index in [2.05, 4.69) is 16.8 Å². The van der Waals surface area contributed by atoms with Crippen LogP contribution in [0.2, 0.25) is 0 Å². The Morgan fingerprint density at radius 2 is 2.56 bits per heavy atom. The number of aromatic hydroxyl groups is 1. The number of aromatic nitrogens is 2. The molecule has 3 nitrogen and oxygen atoms in total. The van der Waals surface area contributed by atoms with Crippen molar-refractivity contribution in [3.63, 3.8) is 0 Å². The zero-order valence-electron chi connectivity index (χ0n) is 5.18. The van der Waals surface area contributed by atoms with Crippen molar-refractivity contribution >= 4 is 5.57 Å². The van der Waals surface area contributed by atoms with Gasteiger partial charge in [-0.3, -0.25) is 5.10 Å². The minimum atomic E-state index is 0.00741. The molecular formula is C6H8N2O. The van der Waals surface area contributed by atoms with Gasteiger partial charge in [-0.05, 0) is 12.5 Å². The predicted molar refractivity (Wildman–Crippen MR) is 35.0 cm³/mol. The first-order valence-electron chi connectivity index (χ1n) is 2.60. The van der Waals surface area contributed by atoms with Crippen LogP contribution in [0.5, 0.6) is 5.88 Å². The summed E-state index contributed by atoms with van der Waals surface area (Å²) in [6.45, 7) is 5.50. The number of H-pyrrole nitrogens is 1. The van der Waals surface area contributed by atoms with Crippen molar-refractivity contribution in [1.29, 1.82) is 0 Å². The van der Waals surface area contributed by atoms with Crippen molar-refractivity contribution in [2.24, 2.45) is 0 Å². The Kier molecular flexibility index (Phi) is 1.26. The second-order valence-corrected chi connectivity index (χ2v) is 1.92. The molecule has 0 aromatic carbocycles. The first kappa shape index (κ1) is 5.88. The molecule has 0 aliphatic rings. The van der Waals surface area contributed by atoms with Gasteiger partial charge in [-0.15, -0.1) is 5.10 Å². The van der Waals surface area contributed by atoms with Crippen molar-refractivity contribution in [3.05, 3.63) is 18.3 Å². The molecule has 2 N–H and O–H groups in total. The van der Waals surface area contributed by atoms with Gasteiger partial charge in [0.15, 0.2) is 0 Å². The van der Waals surface area contributed by atoms with E-state index in [1.807, 2.05) is 6.92 Å². The maximum Gasteiger partial charge on any atom is 0.230 e. The lowest BCUT2D eigenvalue weighted by Gasteiger charge is -1.86. The van der Waals surface area contributed by atoms with E-state index in [9.17, 15) is 0 Å². The fraction of sp³-hybridized carbons (Fsp3) is 0.167. The van der Waals surface area contributed by atoms with E-state index in [0.717, 1.165) is 11.3 Å².